The first kappa shape index (κ1) is 19.9. The van der Waals surface area contributed by atoms with E-state index in [0.717, 1.165) is 16.2 Å². The summed E-state index contributed by atoms with van der Waals surface area (Å²) in [5.41, 5.74) is 3.75. The summed E-state index contributed by atoms with van der Waals surface area (Å²) in [5, 5.41) is 0. The summed E-state index contributed by atoms with van der Waals surface area (Å²) in [4.78, 5) is 13.0. The minimum Gasteiger partial charge on any atom is -0.457 e. The van der Waals surface area contributed by atoms with Gasteiger partial charge in [0.25, 0.3) is 0 Å². The first-order chi connectivity index (χ1) is 13.4. The summed E-state index contributed by atoms with van der Waals surface area (Å²) in [6.07, 6.45) is 3.75. The third-order valence-electron chi connectivity index (χ3n) is 6.33. The minimum absolute atomic E-state index is 0.0641. The molecule has 4 rings (SSSR count). The van der Waals surface area contributed by atoms with Crippen LogP contribution >= 0.6 is 31.9 Å². The molecule has 2 aromatic rings. The van der Waals surface area contributed by atoms with Gasteiger partial charge in [0.1, 0.15) is 6.10 Å². The highest BCUT2D eigenvalue weighted by molar-refractivity contribution is 9.28. The lowest BCUT2D eigenvalue weighted by molar-refractivity contribution is -0.152. The Morgan fingerprint density at radius 2 is 1.71 bits per heavy atom. The molecule has 0 aromatic heterocycles. The van der Waals surface area contributed by atoms with E-state index in [9.17, 15) is 4.79 Å². The molecule has 0 radical (unpaired) electrons. The fourth-order valence-electron chi connectivity index (χ4n) is 4.68. The van der Waals surface area contributed by atoms with Crippen molar-refractivity contribution in [2.75, 3.05) is 0 Å². The van der Waals surface area contributed by atoms with Crippen molar-refractivity contribution in [2.24, 2.45) is 17.3 Å². The Kier molecular flexibility index (Phi) is 5.54. The molecule has 0 heterocycles. The van der Waals surface area contributed by atoms with Crippen molar-refractivity contribution in [3.05, 3.63) is 80.8 Å². The average Bonchev–Trinajstić information content (AvgIpc) is 3.02. The van der Waals surface area contributed by atoms with Gasteiger partial charge in [-0.1, -0.05) is 74.5 Å². The predicted molar refractivity (Wildman–Crippen MR) is 119 cm³/mol. The molecule has 2 nitrogen and oxygen atoms in total. The second kappa shape index (κ2) is 7.79. The Morgan fingerprint density at radius 1 is 1.07 bits per heavy atom. The average molecular weight is 504 g/mol. The van der Waals surface area contributed by atoms with E-state index < -0.39 is 0 Å². The summed E-state index contributed by atoms with van der Waals surface area (Å²) in [5.74, 6) is 0.423. The van der Waals surface area contributed by atoms with Gasteiger partial charge in [-0.3, -0.25) is 4.79 Å². The van der Waals surface area contributed by atoms with Gasteiger partial charge in [-0.15, -0.1) is 0 Å². The lowest BCUT2D eigenvalue weighted by Gasteiger charge is -2.15. The minimum atomic E-state index is -0.147. The Balaban J connectivity index is 1.50. The summed E-state index contributed by atoms with van der Waals surface area (Å²) in [7, 11) is 0. The van der Waals surface area contributed by atoms with E-state index in [1.165, 1.54) is 16.7 Å². The van der Waals surface area contributed by atoms with E-state index in [1.807, 2.05) is 12.1 Å². The van der Waals surface area contributed by atoms with E-state index in [1.54, 1.807) is 0 Å². The highest BCUT2D eigenvalue weighted by Gasteiger charge is 2.62. The van der Waals surface area contributed by atoms with Crippen LogP contribution in [0.15, 0.2) is 64.1 Å². The molecule has 1 saturated carbocycles. The van der Waals surface area contributed by atoms with Crippen LogP contribution in [0.25, 0.3) is 0 Å². The molecular weight excluding hydrogens is 480 g/mol. The third kappa shape index (κ3) is 3.86. The smallest absolute Gasteiger partial charge is 0.310 e. The van der Waals surface area contributed by atoms with Crippen LogP contribution in [0.4, 0.5) is 0 Å². The number of ether oxygens (including phenoxy) is 1. The fourth-order valence-corrected chi connectivity index (χ4v) is 5.25. The van der Waals surface area contributed by atoms with Crippen LogP contribution in [0.5, 0.6) is 0 Å². The van der Waals surface area contributed by atoms with Crippen LogP contribution in [0.3, 0.4) is 0 Å². The Morgan fingerprint density at radius 3 is 2.39 bits per heavy atom. The monoisotopic (exact) mass is 502 g/mol. The largest absolute Gasteiger partial charge is 0.457 e. The van der Waals surface area contributed by atoms with Crippen molar-refractivity contribution in [2.45, 2.75) is 38.7 Å². The van der Waals surface area contributed by atoms with Crippen LogP contribution in [0, 0.1) is 17.3 Å². The molecule has 0 saturated heterocycles. The van der Waals surface area contributed by atoms with Crippen molar-refractivity contribution in [3.8, 4) is 0 Å². The molecule has 1 unspecified atom stereocenters. The molecule has 0 N–H and O–H groups in total. The molecule has 4 atom stereocenters. The zero-order valence-corrected chi connectivity index (χ0v) is 19.2. The van der Waals surface area contributed by atoms with Crippen LogP contribution in [-0.2, 0) is 16.0 Å². The summed E-state index contributed by atoms with van der Waals surface area (Å²) < 4.78 is 6.97. The Hall–Kier alpha value is -1.39. The Labute approximate surface area is 183 Å². The van der Waals surface area contributed by atoms with Gasteiger partial charge in [0.15, 0.2) is 0 Å². The molecule has 0 amide bonds. The molecule has 0 bridgehead atoms. The summed E-state index contributed by atoms with van der Waals surface area (Å²) in [6, 6.07) is 19.0. The predicted octanol–water partition coefficient (Wildman–Crippen LogP) is 6.90. The number of carbonyl (C=O) groups excluding carboxylic acids is 1. The van der Waals surface area contributed by atoms with Gasteiger partial charge < -0.3 is 4.74 Å². The Bertz CT molecular complexity index is 900. The molecule has 146 valence electrons. The topological polar surface area (TPSA) is 26.3 Å². The highest BCUT2D eigenvalue weighted by atomic mass is 79.9. The lowest BCUT2D eigenvalue weighted by atomic mass is 9.94. The van der Waals surface area contributed by atoms with Gasteiger partial charge in [0.05, 0.1) is 9.31 Å². The summed E-state index contributed by atoms with van der Waals surface area (Å²) >= 11 is 6.84. The number of benzene rings is 2. The van der Waals surface area contributed by atoms with Crippen LogP contribution < -0.4 is 0 Å². The van der Waals surface area contributed by atoms with Crippen LogP contribution in [-0.4, -0.2) is 5.97 Å². The number of fused-ring (bicyclic) bond motifs is 1. The maximum atomic E-state index is 13.0. The molecular formula is C24H24Br2O2. The van der Waals surface area contributed by atoms with Gasteiger partial charge in [-0.25, -0.2) is 0 Å². The zero-order valence-electron chi connectivity index (χ0n) is 16.1. The maximum Gasteiger partial charge on any atom is 0.310 e. The number of halogens is 2. The summed E-state index contributed by atoms with van der Waals surface area (Å²) in [6.45, 7) is 4.26. The lowest BCUT2D eigenvalue weighted by Crippen LogP contribution is -2.14. The molecule has 1 fully saturated rings. The van der Waals surface area contributed by atoms with Gasteiger partial charge in [0.2, 0.25) is 0 Å². The number of carbonyl (C=O) groups is 1. The quantitative estimate of drug-likeness (QED) is 0.414. The SMILES string of the molecule is CC1(C)C(C=C(Br)Br)[C@H]1C(=O)O[C@@H]1C[C@@H](Cc2ccccc2)c2ccccc21. The number of allylic oxidation sites excluding steroid dienone is 1. The van der Waals surface area contributed by atoms with Crippen molar-refractivity contribution < 1.29 is 9.53 Å². The van der Waals surface area contributed by atoms with Crippen molar-refractivity contribution >= 4 is 37.8 Å². The first-order valence-electron chi connectivity index (χ1n) is 9.74. The zero-order chi connectivity index (χ0) is 19.9. The number of hydrogen-bond donors (Lipinski definition) is 0. The van der Waals surface area contributed by atoms with Gasteiger partial charge in [-0.05, 0) is 78.6 Å². The molecule has 2 aliphatic rings. The van der Waals surface area contributed by atoms with E-state index in [2.05, 4.69) is 94.2 Å². The number of esters is 1. The van der Waals surface area contributed by atoms with E-state index >= 15 is 0 Å². The second-order valence-electron chi connectivity index (χ2n) is 8.46. The van der Waals surface area contributed by atoms with Crippen molar-refractivity contribution in [3.63, 3.8) is 0 Å². The van der Waals surface area contributed by atoms with E-state index in [-0.39, 0.29) is 29.3 Å². The van der Waals surface area contributed by atoms with E-state index in [0.29, 0.717) is 5.92 Å². The van der Waals surface area contributed by atoms with Crippen LogP contribution in [0.2, 0.25) is 0 Å². The molecule has 4 heteroatoms. The van der Waals surface area contributed by atoms with Gasteiger partial charge in [0, 0.05) is 0 Å². The van der Waals surface area contributed by atoms with Gasteiger partial charge in [-0.2, -0.15) is 0 Å². The molecule has 28 heavy (non-hydrogen) atoms. The number of rotatable bonds is 5. The van der Waals surface area contributed by atoms with Gasteiger partial charge >= 0.3 is 5.97 Å². The molecule has 2 aromatic carbocycles. The highest BCUT2D eigenvalue weighted by Crippen LogP contribution is 2.61. The maximum absolute atomic E-state index is 13.0. The number of hydrogen-bond acceptors (Lipinski definition) is 2. The first-order valence-corrected chi connectivity index (χ1v) is 11.3. The normalized spacial score (nSPS) is 27.0. The fraction of sp³-hybridized carbons (Fsp3) is 0.375. The standard InChI is InChI=1S/C24H24Br2O2/c1-24(2)19(14-21(25)26)22(24)23(27)28-20-13-16(12-15-8-4-3-5-9-15)17-10-6-7-11-18(17)20/h3-11,14,16,19-20,22H,12-13H2,1-2H3/t16-,19?,20-,22+/m1/s1. The third-order valence-corrected chi connectivity index (χ3v) is 6.86. The second-order valence-corrected chi connectivity index (χ2v) is 11.2. The van der Waals surface area contributed by atoms with E-state index in [4.69, 9.17) is 4.74 Å². The molecule has 0 spiro atoms. The molecule has 2 aliphatic carbocycles. The van der Waals surface area contributed by atoms with Crippen LogP contribution in [0.1, 0.15) is 49.0 Å². The van der Waals surface area contributed by atoms with Crippen molar-refractivity contribution in [1.82, 2.24) is 0 Å². The van der Waals surface area contributed by atoms with Crippen molar-refractivity contribution in [1.29, 1.82) is 0 Å². The molecule has 0 aliphatic heterocycles.